The van der Waals surface area contributed by atoms with Gasteiger partial charge in [0.05, 0.1) is 31.0 Å². The number of benzene rings is 2. The molecule has 9 heteroatoms. The normalized spacial score (nSPS) is 11.0. The van der Waals surface area contributed by atoms with Crippen LogP contribution in [0.2, 0.25) is 0 Å². The average molecular weight is 456 g/mol. The number of amides is 1. The summed E-state index contributed by atoms with van der Waals surface area (Å²) in [5.41, 5.74) is 2.69. The zero-order valence-electron chi connectivity index (χ0n) is 18.4. The second kappa shape index (κ2) is 8.70. The van der Waals surface area contributed by atoms with Crippen molar-refractivity contribution >= 4 is 39.9 Å². The Kier molecular flexibility index (Phi) is 5.43. The summed E-state index contributed by atoms with van der Waals surface area (Å²) < 4.78 is 17.5. The monoisotopic (exact) mass is 456 g/mol. The molecule has 34 heavy (non-hydrogen) atoms. The first-order valence-electron chi connectivity index (χ1n) is 10.6. The maximum absolute atomic E-state index is 13.1. The number of fused-ring (bicyclic) bond motifs is 2. The Morgan fingerprint density at radius 2 is 1.74 bits per heavy atom. The molecule has 3 aromatic heterocycles. The van der Waals surface area contributed by atoms with Crippen molar-refractivity contribution < 1.29 is 23.5 Å². The summed E-state index contributed by atoms with van der Waals surface area (Å²) in [6.07, 6.45) is 1.40. The van der Waals surface area contributed by atoms with Crippen LogP contribution in [0.1, 0.15) is 27.8 Å². The maximum Gasteiger partial charge on any atom is 0.344 e. The van der Waals surface area contributed by atoms with Gasteiger partial charge in [-0.3, -0.25) is 9.36 Å². The average Bonchev–Trinajstić information content (AvgIpc) is 3.49. The Morgan fingerprint density at radius 3 is 2.38 bits per heavy atom. The van der Waals surface area contributed by atoms with Gasteiger partial charge in [-0.05, 0) is 55.5 Å². The first kappa shape index (κ1) is 21.2. The molecule has 0 atom stereocenters. The summed E-state index contributed by atoms with van der Waals surface area (Å²) >= 11 is 0. The van der Waals surface area contributed by atoms with Crippen LogP contribution in [0.3, 0.4) is 0 Å². The Balaban J connectivity index is 1.83. The second-order valence-corrected chi connectivity index (χ2v) is 7.29. The van der Waals surface area contributed by atoms with E-state index >= 15 is 0 Å². The van der Waals surface area contributed by atoms with Crippen molar-refractivity contribution in [1.82, 2.24) is 14.5 Å². The predicted octanol–water partition coefficient (Wildman–Crippen LogP) is 4.60. The van der Waals surface area contributed by atoms with Crippen molar-refractivity contribution in [3.63, 3.8) is 0 Å². The number of nitrogens with zero attached hydrogens (tertiary/aromatic N) is 3. The molecule has 170 valence electrons. The van der Waals surface area contributed by atoms with Crippen LogP contribution in [0.5, 0.6) is 5.75 Å². The first-order chi connectivity index (χ1) is 16.6. The number of nitrogens with one attached hydrogen (secondary N) is 1. The van der Waals surface area contributed by atoms with Crippen molar-refractivity contribution in [3.05, 3.63) is 78.3 Å². The standard InChI is InChI=1S/C25H20N4O5/c1-3-33-25(31)20-21-23(27-18-8-5-4-7-17(18)26-21)29(15-10-12-16(32-2)13-11-15)22(20)28-24(30)19-9-6-14-34-19/h4-14H,3H2,1-2H3,(H,28,30). The summed E-state index contributed by atoms with van der Waals surface area (Å²) in [5.74, 6) is -0.233. The number of furan rings is 1. The number of anilines is 1. The van der Waals surface area contributed by atoms with E-state index in [2.05, 4.69) is 5.32 Å². The highest BCUT2D eigenvalue weighted by molar-refractivity contribution is 6.13. The van der Waals surface area contributed by atoms with E-state index in [9.17, 15) is 9.59 Å². The number of aromatic nitrogens is 3. The molecule has 1 N–H and O–H groups in total. The first-order valence-corrected chi connectivity index (χ1v) is 10.6. The third kappa shape index (κ3) is 3.62. The van der Waals surface area contributed by atoms with Crippen molar-refractivity contribution in [3.8, 4) is 11.4 Å². The third-order valence-corrected chi connectivity index (χ3v) is 5.25. The van der Waals surface area contributed by atoms with Gasteiger partial charge in [0, 0.05) is 5.69 Å². The third-order valence-electron chi connectivity index (χ3n) is 5.25. The van der Waals surface area contributed by atoms with Gasteiger partial charge >= 0.3 is 5.97 Å². The van der Waals surface area contributed by atoms with E-state index in [1.807, 2.05) is 24.3 Å². The summed E-state index contributed by atoms with van der Waals surface area (Å²) in [4.78, 5) is 35.6. The lowest BCUT2D eigenvalue weighted by atomic mass is 10.2. The SMILES string of the molecule is CCOC(=O)c1c(NC(=O)c2ccco2)n(-c2ccc(OC)cc2)c2nc3ccccc3nc12. The van der Waals surface area contributed by atoms with E-state index < -0.39 is 11.9 Å². The summed E-state index contributed by atoms with van der Waals surface area (Å²) in [7, 11) is 1.57. The van der Waals surface area contributed by atoms with Gasteiger partial charge in [-0.2, -0.15) is 0 Å². The van der Waals surface area contributed by atoms with Crippen molar-refractivity contribution in [2.24, 2.45) is 0 Å². The Bertz CT molecular complexity index is 1500. The summed E-state index contributed by atoms with van der Waals surface area (Å²) in [6, 6.07) is 17.6. The Morgan fingerprint density at radius 1 is 1.00 bits per heavy atom. The fourth-order valence-electron chi connectivity index (χ4n) is 3.72. The van der Waals surface area contributed by atoms with Crippen LogP contribution in [0, 0.1) is 0 Å². The van der Waals surface area contributed by atoms with Gasteiger partial charge in [-0.15, -0.1) is 0 Å². The molecule has 0 spiro atoms. The fraction of sp³-hybridized carbons (Fsp3) is 0.120. The number of ether oxygens (including phenoxy) is 2. The molecule has 0 fully saturated rings. The number of rotatable bonds is 6. The molecule has 9 nitrogen and oxygen atoms in total. The van der Waals surface area contributed by atoms with Gasteiger partial charge in [0.15, 0.2) is 11.4 Å². The zero-order chi connectivity index (χ0) is 23.7. The van der Waals surface area contributed by atoms with Crippen LogP contribution in [0.4, 0.5) is 5.82 Å². The molecular weight excluding hydrogens is 436 g/mol. The van der Waals surface area contributed by atoms with Gasteiger partial charge in [0.1, 0.15) is 22.6 Å². The molecule has 2 aromatic carbocycles. The number of carbonyl (C=O) groups excluding carboxylic acids is 2. The maximum atomic E-state index is 13.1. The number of esters is 1. The molecule has 0 radical (unpaired) electrons. The minimum absolute atomic E-state index is 0.0902. The molecule has 5 aromatic rings. The van der Waals surface area contributed by atoms with E-state index in [1.165, 1.54) is 12.3 Å². The van der Waals surface area contributed by atoms with E-state index in [-0.39, 0.29) is 23.7 Å². The highest BCUT2D eigenvalue weighted by Gasteiger charge is 2.29. The van der Waals surface area contributed by atoms with Crippen molar-refractivity contribution in [1.29, 1.82) is 0 Å². The molecule has 0 unspecified atom stereocenters. The molecule has 5 rings (SSSR count). The van der Waals surface area contributed by atoms with E-state index in [0.29, 0.717) is 33.6 Å². The highest BCUT2D eigenvalue weighted by atomic mass is 16.5. The predicted molar refractivity (Wildman–Crippen MR) is 126 cm³/mol. The fourth-order valence-corrected chi connectivity index (χ4v) is 3.72. The van der Waals surface area contributed by atoms with Crippen LogP contribution < -0.4 is 10.1 Å². The number of hydrogen-bond donors (Lipinski definition) is 1. The minimum atomic E-state index is -0.626. The smallest absolute Gasteiger partial charge is 0.344 e. The number of hydrogen-bond acceptors (Lipinski definition) is 7. The molecule has 0 aliphatic heterocycles. The number of methoxy groups -OCH3 is 1. The molecule has 0 bridgehead atoms. The van der Waals surface area contributed by atoms with Gasteiger partial charge in [0.2, 0.25) is 0 Å². The van der Waals surface area contributed by atoms with Crippen LogP contribution in [0.25, 0.3) is 27.9 Å². The quantitative estimate of drug-likeness (QED) is 0.372. The molecule has 0 saturated carbocycles. The Hall–Kier alpha value is -4.66. The number of para-hydroxylation sites is 2. The molecular formula is C25H20N4O5. The molecule has 0 aliphatic carbocycles. The minimum Gasteiger partial charge on any atom is -0.497 e. The number of carbonyl (C=O) groups is 2. The van der Waals surface area contributed by atoms with Crippen molar-refractivity contribution in [2.45, 2.75) is 6.92 Å². The highest BCUT2D eigenvalue weighted by Crippen LogP contribution is 2.34. The summed E-state index contributed by atoms with van der Waals surface area (Å²) in [6.45, 7) is 1.86. The molecule has 0 saturated heterocycles. The molecule has 3 heterocycles. The Labute approximate surface area is 193 Å². The second-order valence-electron chi connectivity index (χ2n) is 7.29. The van der Waals surface area contributed by atoms with E-state index in [4.69, 9.17) is 23.9 Å². The summed E-state index contributed by atoms with van der Waals surface area (Å²) in [5, 5.41) is 2.81. The van der Waals surface area contributed by atoms with Gasteiger partial charge in [0.25, 0.3) is 5.91 Å². The van der Waals surface area contributed by atoms with Crippen molar-refractivity contribution in [2.75, 3.05) is 19.0 Å². The van der Waals surface area contributed by atoms with Gasteiger partial charge in [-0.1, -0.05) is 12.1 Å². The lowest BCUT2D eigenvalue weighted by molar-refractivity contribution is 0.0529. The van der Waals surface area contributed by atoms with Gasteiger partial charge < -0.3 is 19.2 Å². The molecule has 0 aliphatic rings. The lowest BCUT2D eigenvalue weighted by Crippen LogP contribution is -2.17. The largest absolute Gasteiger partial charge is 0.497 e. The van der Waals surface area contributed by atoms with E-state index in [0.717, 1.165) is 0 Å². The van der Waals surface area contributed by atoms with Gasteiger partial charge in [-0.25, -0.2) is 14.8 Å². The zero-order valence-corrected chi connectivity index (χ0v) is 18.4. The topological polar surface area (TPSA) is 108 Å². The lowest BCUT2D eigenvalue weighted by Gasteiger charge is -2.12. The van der Waals surface area contributed by atoms with E-state index in [1.54, 1.807) is 48.9 Å². The van der Waals surface area contributed by atoms with Crippen LogP contribution in [-0.4, -0.2) is 40.1 Å². The molecule has 1 amide bonds. The van der Waals surface area contributed by atoms with Crippen LogP contribution in [-0.2, 0) is 4.74 Å². The van der Waals surface area contributed by atoms with Crippen LogP contribution >= 0.6 is 0 Å². The van der Waals surface area contributed by atoms with Crippen LogP contribution in [0.15, 0.2) is 71.3 Å².